The summed E-state index contributed by atoms with van der Waals surface area (Å²) in [5.74, 6) is 0. The third kappa shape index (κ3) is 2.13. The molecule has 0 bridgehead atoms. The number of nitrogens with zero attached hydrogens (tertiary/aromatic N) is 1. The van der Waals surface area contributed by atoms with E-state index in [-0.39, 0.29) is 0 Å². The molecule has 1 aromatic carbocycles. The first-order valence-corrected chi connectivity index (χ1v) is 5.58. The molecular weight excluding hydrogens is 217 g/mol. The summed E-state index contributed by atoms with van der Waals surface area (Å²) in [5, 5.41) is 0. The Hall–Kier alpha value is -0.456. The number of benzene rings is 1. The number of hydrogen-bond donors (Lipinski definition) is 0. The SMILES string of the molecule is Cc1ccc([C](=[Ni])N2CCCC2)cc1. The molecule has 2 heteroatoms. The molecule has 78 valence electrons. The molecule has 0 amide bonds. The van der Waals surface area contributed by atoms with E-state index in [1.165, 1.54) is 24.0 Å². The topological polar surface area (TPSA) is 3.24 Å². The van der Waals surface area contributed by atoms with E-state index in [1.807, 2.05) is 0 Å². The molecule has 0 aromatic heterocycles. The van der Waals surface area contributed by atoms with Crippen LogP contribution in [0.25, 0.3) is 0 Å². The first-order valence-electron chi connectivity index (χ1n) is 5.09. The zero-order chi connectivity index (χ0) is 9.97. The molecule has 1 aromatic rings. The normalized spacial score (nSPS) is 17.4. The Kier molecular flexibility index (Phi) is 3.15. The number of rotatable bonds is 2. The standard InChI is InChI=1S/C12H15N.Ni/c1-11-4-6-12(7-5-11)10-13-8-2-3-9-13;/h4-7H,2-3,8-9H2,1H3;. The zero-order valence-corrected chi connectivity index (χ0v) is 9.39. The van der Waals surface area contributed by atoms with Crippen molar-refractivity contribution < 1.29 is 15.0 Å². The minimum atomic E-state index is 1.06. The fourth-order valence-corrected chi connectivity index (χ4v) is 2.15. The van der Waals surface area contributed by atoms with Gasteiger partial charge in [-0.05, 0) is 0 Å². The second-order valence-corrected chi connectivity index (χ2v) is 4.29. The average molecular weight is 232 g/mol. The van der Waals surface area contributed by atoms with Gasteiger partial charge in [-0.1, -0.05) is 0 Å². The van der Waals surface area contributed by atoms with Crippen molar-refractivity contribution in [2.24, 2.45) is 0 Å². The van der Waals surface area contributed by atoms with Crippen molar-refractivity contribution >= 4 is 4.61 Å². The molecule has 1 nitrogen and oxygen atoms in total. The number of aryl methyl sites for hydroxylation is 1. The van der Waals surface area contributed by atoms with Crippen molar-refractivity contribution in [1.29, 1.82) is 0 Å². The van der Waals surface area contributed by atoms with E-state index in [0.717, 1.165) is 17.7 Å². The van der Waals surface area contributed by atoms with E-state index in [1.54, 1.807) is 0 Å². The first kappa shape index (κ1) is 10.1. The predicted molar refractivity (Wildman–Crippen MR) is 56.1 cm³/mol. The molecule has 0 unspecified atom stereocenters. The Labute approximate surface area is 93.0 Å². The van der Waals surface area contributed by atoms with Crippen LogP contribution in [0.4, 0.5) is 0 Å². The van der Waals surface area contributed by atoms with Crippen LogP contribution in [0.15, 0.2) is 24.3 Å². The van der Waals surface area contributed by atoms with Gasteiger partial charge in [0.1, 0.15) is 0 Å². The van der Waals surface area contributed by atoms with Gasteiger partial charge in [-0.2, -0.15) is 0 Å². The summed E-state index contributed by atoms with van der Waals surface area (Å²) in [6.07, 6.45) is 2.58. The maximum atomic E-state index is 5.13. The molecular formula is C12H15NNi. The van der Waals surface area contributed by atoms with Crippen molar-refractivity contribution in [2.45, 2.75) is 19.8 Å². The third-order valence-corrected chi connectivity index (χ3v) is 3.23. The van der Waals surface area contributed by atoms with Crippen molar-refractivity contribution in [3.05, 3.63) is 35.4 Å². The molecule has 1 fully saturated rings. The molecule has 1 aliphatic heterocycles. The van der Waals surface area contributed by atoms with E-state index < -0.39 is 0 Å². The third-order valence-electron chi connectivity index (χ3n) is 2.64. The molecule has 2 rings (SSSR count). The van der Waals surface area contributed by atoms with Crippen LogP contribution in [0.1, 0.15) is 24.0 Å². The summed E-state index contributed by atoms with van der Waals surface area (Å²) in [6.45, 7) is 4.39. The Morgan fingerprint density at radius 1 is 1.14 bits per heavy atom. The van der Waals surface area contributed by atoms with Gasteiger partial charge in [-0.3, -0.25) is 0 Å². The Balaban J connectivity index is 2.14. The van der Waals surface area contributed by atoms with Crippen LogP contribution in [-0.2, 0) is 15.0 Å². The van der Waals surface area contributed by atoms with Gasteiger partial charge >= 0.3 is 92.8 Å². The van der Waals surface area contributed by atoms with E-state index >= 15 is 0 Å². The fraction of sp³-hybridized carbons (Fsp3) is 0.417. The van der Waals surface area contributed by atoms with Crippen molar-refractivity contribution in [3.8, 4) is 0 Å². The van der Waals surface area contributed by atoms with Gasteiger partial charge in [0.15, 0.2) is 0 Å². The van der Waals surface area contributed by atoms with Crippen LogP contribution in [0, 0.1) is 6.92 Å². The van der Waals surface area contributed by atoms with Gasteiger partial charge in [0.25, 0.3) is 0 Å². The summed E-state index contributed by atoms with van der Waals surface area (Å²) < 4.78 is 1.06. The second kappa shape index (κ2) is 4.38. The van der Waals surface area contributed by atoms with Crippen LogP contribution in [0.2, 0.25) is 0 Å². The van der Waals surface area contributed by atoms with Crippen LogP contribution >= 0.6 is 0 Å². The van der Waals surface area contributed by atoms with Gasteiger partial charge in [0, 0.05) is 0 Å². The molecule has 0 aliphatic carbocycles. The fourth-order valence-electron chi connectivity index (χ4n) is 1.76. The van der Waals surface area contributed by atoms with Gasteiger partial charge in [-0.15, -0.1) is 0 Å². The quantitative estimate of drug-likeness (QED) is 0.706. The molecule has 0 atom stereocenters. The van der Waals surface area contributed by atoms with E-state index in [2.05, 4.69) is 36.1 Å². The molecule has 1 aliphatic rings. The second-order valence-electron chi connectivity index (χ2n) is 3.82. The van der Waals surface area contributed by atoms with Crippen LogP contribution < -0.4 is 0 Å². The molecule has 1 heterocycles. The molecule has 0 saturated carbocycles. The molecule has 0 spiro atoms. The summed E-state index contributed by atoms with van der Waals surface area (Å²) in [4.78, 5) is 2.32. The number of hydrogen-bond acceptors (Lipinski definition) is 1. The van der Waals surface area contributed by atoms with Crippen LogP contribution in [0.5, 0.6) is 0 Å². The average Bonchev–Trinajstić information content (AvgIpc) is 2.71. The minimum absolute atomic E-state index is 1.06. The molecule has 14 heavy (non-hydrogen) atoms. The van der Waals surface area contributed by atoms with Gasteiger partial charge in [-0.25, -0.2) is 0 Å². The molecule has 0 radical (unpaired) electrons. The van der Waals surface area contributed by atoms with Gasteiger partial charge in [0.2, 0.25) is 0 Å². The summed E-state index contributed by atoms with van der Waals surface area (Å²) in [6, 6.07) is 8.52. The van der Waals surface area contributed by atoms with Crippen molar-refractivity contribution in [2.75, 3.05) is 13.1 Å². The van der Waals surface area contributed by atoms with Crippen LogP contribution in [-0.4, -0.2) is 22.6 Å². The summed E-state index contributed by atoms with van der Waals surface area (Å²) in [7, 11) is 0. The van der Waals surface area contributed by atoms with Crippen LogP contribution in [0.3, 0.4) is 0 Å². The van der Waals surface area contributed by atoms with Crippen molar-refractivity contribution in [3.63, 3.8) is 0 Å². The van der Waals surface area contributed by atoms with E-state index in [0.29, 0.717) is 0 Å². The Morgan fingerprint density at radius 2 is 1.71 bits per heavy atom. The summed E-state index contributed by atoms with van der Waals surface area (Å²) >= 11 is 5.13. The van der Waals surface area contributed by atoms with E-state index in [4.69, 9.17) is 15.0 Å². The molecule has 0 N–H and O–H groups in total. The van der Waals surface area contributed by atoms with E-state index in [9.17, 15) is 0 Å². The predicted octanol–water partition coefficient (Wildman–Crippen LogP) is 2.12. The Morgan fingerprint density at radius 3 is 2.29 bits per heavy atom. The van der Waals surface area contributed by atoms with Gasteiger partial charge in [0.05, 0.1) is 0 Å². The monoisotopic (exact) mass is 231 g/mol. The zero-order valence-electron chi connectivity index (χ0n) is 8.40. The summed E-state index contributed by atoms with van der Waals surface area (Å²) in [5.41, 5.74) is 2.50. The molecule has 1 saturated heterocycles. The first-order chi connectivity index (χ1) is 6.77. The maximum absolute atomic E-state index is 5.13. The number of likely N-dealkylation sites (tertiary alicyclic amines) is 1. The Bertz CT molecular complexity index is 323. The van der Waals surface area contributed by atoms with Crippen molar-refractivity contribution in [1.82, 2.24) is 4.90 Å². The van der Waals surface area contributed by atoms with Gasteiger partial charge < -0.3 is 0 Å².